The molecule has 0 saturated heterocycles. The third-order valence-corrected chi connectivity index (χ3v) is 8.92. The average molecular weight is 407 g/mol. The van der Waals surface area contributed by atoms with Crippen molar-refractivity contribution >= 4 is 37.9 Å². The second-order valence-electron chi connectivity index (χ2n) is 8.21. The number of carbonyl (C=O) groups is 1. The Kier molecular flexibility index (Phi) is 6.48. The highest BCUT2D eigenvalue weighted by atomic mass is 31.1. The predicted molar refractivity (Wildman–Crippen MR) is 124 cm³/mol. The zero-order valence-corrected chi connectivity index (χ0v) is 18.6. The van der Waals surface area contributed by atoms with Crippen LogP contribution in [0.1, 0.15) is 15.9 Å². The molecular formula is C24H27O2PSi. The number of rotatable bonds is 7. The molecule has 0 aromatic heterocycles. The van der Waals surface area contributed by atoms with Crippen molar-refractivity contribution in [1.29, 1.82) is 0 Å². The summed E-state index contributed by atoms with van der Waals surface area (Å²) in [4.78, 5) is 11.8. The fraction of sp³-hybridized carbons (Fsp3) is 0.208. The molecule has 3 aromatic carbocycles. The molecule has 0 saturated carbocycles. The second kappa shape index (κ2) is 8.85. The number of carboxylic acid groups (broad SMARTS) is 1. The summed E-state index contributed by atoms with van der Waals surface area (Å²) in [6.45, 7) is 6.99. The van der Waals surface area contributed by atoms with Crippen molar-refractivity contribution in [2.75, 3.05) is 0 Å². The van der Waals surface area contributed by atoms with Crippen molar-refractivity contribution in [3.05, 3.63) is 90.0 Å². The van der Waals surface area contributed by atoms with Gasteiger partial charge in [0.25, 0.3) is 0 Å². The first-order chi connectivity index (χ1) is 13.3. The molecule has 0 aliphatic heterocycles. The van der Waals surface area contributed by atoms with Gasteiger partial charge in [0.05, 0.1) is 5.56 Å². The number of hydrogen-bond acceptors (Lipinski definition) is 1. The van der Waals surface area contributed by atoms with E-state index in [1.807, 2.05) is 18.2 Å². The van der Waals surface area contributed by atoms with Crippen molar-refractivity contribution in [3.63, 3.8) is 0 Å². The van der Waals surface area contributed by atoms with Crippen LogP contribution < -0.4 is 15.9 Å². The van der Waals surface area contributed by atoms with Crippen LogP contribution in [0.4, 0.5) is 0 Å². The van der Waals surface area contributed by atoms with Crippen LogP contribution in [0.25, 0.3) is 0 Å². The van der Waals surface area contributed by atoms with E-state index in [9.17, 15) is 9.90 Å². The molecule has 0 heterocycles. The minimum absolute atomic E-state index is 0.443. The quantitative estimate of drug-likeness (QED) is 0.442. The molecule has 4 heteroatoms. The van der Waals surface area contributed by atoms with E-state index in [4.69, 9.17) is 0 Å². The van der Waals surface area contributed by atoms with Crippen LogP contribution in [0.3, 0.4) is 0 Å². The van der Waals surface area contributed by atoms with E-state index < -0.39 is 22.0 Å². The predicted octanol–water partition coefficient (Wildman–Crippen LogP) is 5.02. The van der Waals surface area contributed by atoms with Crippen LogP contribution >= 0.6 is 7.92 Å². The Bertz CT molecular complexity index is 894. The van der Waals surface area contributed by atoms with Crippen LogP contribution in [-0.2, 0) is 6.42 Å². The molecule has 0 radical (unpaired) electrons. The maximum absolute atomic E-state index is 11.8. The molecule has 144 valence electrons. The first-order valence-corrected chi connectivity index (χ1v) is 14.7. The van der Waals surface area contributed by atoms with E-state index in [0.717, 1.165) is 18.0 Å². The molecule has 0 aliphatic rings. The molecule has 3 aromatic rings. The van der Waals surface area contributed by atoms with Crippen molar-refractivity contribution in [2.24, 2.45) is 0 Å². The van der Waals surface area contributed by atoms with Crippen molar-refractivity contribution in [1.82, 2.24) is 0 Å². The highest BCUT2D eigenvalue weighted by Gasteiger charge is 2.21. The zero-order valence-electron chi connectivity index (χ0n) is 16.7. The fourth-order valence-corrected chi connectivity index (χ4v) is 6.61. The van der Waals surface area contributed by atoms with Gasteiger partial charge in [0.1, 0.15) is 0 Å². The summed E-state index contributed by atoms with van der Waals surface area (Å²) in [7, 11) is -1.97. The molecular weight excluding hydrogens is 379 g/mol. The molecule has 0 unspecified atom stereocenters. The van der Waals surface area contributed by atoms with Crippen molar-refractivity contribution in [3.8, 4) is 0 Å². The van der Waals surface area contributed by atoms with Gasteiger partial charge in [0.15, 0.2) is 0 Å². The number of aromatic carboxylic acids is 1. The Morgan fingerprint density at radius 3 is 1.82 bits per heavy atom. The topological polar surface area (TPSA) is 37.3 Å². The summed E-state index contributed by atoms with van der Waals surface area (Å²) in [5, 5.41) is 13.4. The van der Waals surface area contributed by atoms with Crippen LogP contribution in [0, 0.1) is 0 Å². The van der Waals surface area contributed by atoms with Gasteiger partial charge in [-0.1, -0.05) is 92.4 Å². The lowest BCUT2D eigenvalue weighted by molar-refractivity contribution is 0.0696. The van der Waals surface area contributed by atoms with E-state index in [0.29, 0.717) is 5.56 Å². The number of aryl methyl sites for hydroxylation is 1. The van der Waals surface area contributed by atoms with Crippen LogP contribution in [0.2, 0.25) is 25.7 Å². The number of hydrogen-bond donors (Lipinski definition) is 1. The zero-order chi connectivity index (χ0) is 20.1. The lowest BCUT2D eigenvalue weighted by Gasteiger charge is -2.22. The monoisotopic (exact) mass is 406 g/mol. The van der Waals surface area contributed by atoms with E-state index in [-0.39, 0.29) is 0 Å². The molecule has 0 spiro atoms. The fourth-order valence-electron chi connectivity index (χ4n) is 3.25. The Labute approximate surface area is 170 Å². The van der Waals surface area contributed by atoms with Gasteiger partial charge >= 0.3 is 5.97 Å². The minimum atomic E-state index is -1.26. The summed E-state index contributed by atoms with van der Waals surface area (Å²) in [6, 6.07) is 28.1. The standard InChI is InChI=1S/C24H27O2PSi/c1-28(2,3)17-16-19-18-22(14-15-23(19)24(25)26)27(20-10-6-4-7-11-20)21-12-8-5-9-13-21/h4-15,18H,16-17H2,1-3H3,(H,25,26). The van der Waals surface area contributed by atoms with Gasteiger partial charge in [-0.2, -0.15) is 0 Å². The SMILES string of the molecule is C[Si](C)(C)CCc1cc(P(c2ccccc2)c2ccccc2)ccc1C(=O)O. The van der Waals surface area contributed by atoms with E-state index >= 15 is 0 Å². The number of benzene rings is 3. The minimum Gasteiger partial charge on any atom is -0.478 e. The maximum atomic E-state index is 11.8. The Hall–Kier alpha value is -2.22. The molecule has 1 N–H and O–H groups in total. The molecule has 28 heavy (non-hydrogen) atoms. The molecule has 0 bridgehead atoms. The molecule has 0 aliphatic carbocycles. The summed E-state index contributed by atoms with van der Waals surface area (Å²) < 4.78 is 0. The van der Waals surface area contributed by atoms with Gasteiger partial charge in [-0.3, -0.25) is 0 Å². The molecule has 2 nitrogen and oxygen atoms in total. The Morgan fingerprint density at radius 2 is 1.36 bits per heavy atom. The summed E-state index contributed by atoms with van der Waals surface area (Å²) >= 11 is 0. The molecule has 0 atom stereocenters. The van der Waals surface area contributed by atoms with Crippen molar-refractivity contribution in [2.45, 2.75) is 32.1 Å². The van der Waals surface area contributed by atoms with E-state index in [2.05, 4.69) is 74.2 Å². The van der Waals surface area contributed by atoms with Crippen LogP contribution in [0.5, 0.6) is 0 Å². The van der Waals surface area contributed by atoms with Crippen LogP contribution in [-0.4, -0.2) is 19.1 Å². The Balaban J connectivity index is 2.09. The smallest absolute Gasteiger partial charge is 0.335 e. The first kappa shape index (κ1) is 20.5. The lowest BCUT2D eigenvalue weighted by Crippen LogP contribution is -2.23. The first-order valence-electron chi connectivity index (χ1n) is 9.62. The average Bonchev–Trinajstić information content (AvgIpc) is 2.68. The third kappa shape index (κ3) is 5.18. The lowest BCUT2D eigenvalue weighted by atomic mass is 10.1. The van der Waals surface area contributed by atoms with Gasteiger partial charge in [-0.15, -0.1) is 0 Å². The van der Waals surface area contributed by atoms with Crippen molar-refractivity contribution < 1.29 is 9.90 Å². The van der Waals surface area contributed by atoms with Gasteiger partial charge in [0, 0.05) is 8.07 Å². The molecule has 3 rings (SSSR count). The van der Waals surface area contributed by atoms with Gasteiger partial charge in [-0.25, -0.2) is 4.79 Å². The summed E-state index contributed by atoms with van der Waals surface area (Å²) in [6.07, 6.45) is 0.831. The molecule has 0 amide bonds. The van der Waals surface area contributed by atoms with Gasteiger partial charge < -0.3 is 5.11 Å². The van der Waals surface area contributed by atoms with Gasteiger partial charge in [0.2, 0.25) is 0 Å². The second-order valence-corrected chi connectivity index (χ2v) is 16.1. The van der Waals surface area contributed by atoms with Crippen LogP contribution in [0.15, 0.2) is 78.9 Å². The highest BCUT2D eigenvalue weighted by molar-refractivity contribution is 7.79. The summed E-state index contributed by atoms with van der Waals surface area (Å²) in [5.41, 5.74) is 1.41. The highest BCUT2D eigenvalue weighted by Crippen LogP contribution is 2.33. The normalized spacial score (nSPS) is 11.6. The van der Waals surface area contributed by atoms with E-state index in [1.165, 1.54) is 15.9 Å². The summed E-state index contributed by atoms with van der Waals surface area (Å²) in [5.74, 6) is -0.833. The van der Waals surface area contributed by atoms with E-state index in [1.54, 1.807) is 6.07 Å². The van der Waals surface area contributed by atoms with Gasteiger partial charge in [-0.05, 0) is 48.0 Å². The number of carboxylic acids is 1. The maximum Gasteiger partial charge on any atom is 0.335 e. The third-order valence-electron chi connectivity index (χ3n) is 4.75. The Morgan fingerprint density at radius 1 is 0.821 bits per heavy atom. The largest absolute Gasteiger partial charge is 0.478 e. The molecule has 0 fully saturated rings.